The van der Waals surface area contributed by atoms with Crippen molar-refractivity contribution in [2.24, 2.45) is 0 Å². The predicted molar refractivity (Wildman–Crippen MR) is 85.6 cm³/mol. The van der Waals surface area contributed by atoms with Crippen molar-refractivity contribution in [3.63, 3.8) is 0 Å². The Morgan fingerprint density at radius 2 is 1.48 bits per heavy atom. The quantitative estimate of drug-likeness (QED) is 0.707. The second-order valence-electron chi connectivity index (χ2n) is 5.25. The van der Waals surface area contributed by atoms with Crippen LogP contribution in [-0.2, 0) is 0 Å². The van der Waals surface area contributed by atoms with Gasteiger partial charge in [-0.2, -0.15) is 4.68 Å². The number of hydrogen-bond acceptors (Lipinski definition) is 7. The summed E-state index contributed by atoms with van der Waals surface area (Å²) >= 11 is 0. The molecule has 3 aromatic rings. The summed E-state index contributed by atoms with van der Waals surface area (Å²) in [5.41, 5.74) is 0.960. The number of aromatic nitrogens is 6. The predicted octanol–water partition coefficient (Wildman–Crippen LogP) is 0.779. The van der Waals surface area contributed by atoms with Gasteiger partial charge in [-0.1, -0.05) is 23.3 Å². The summed E-state index contributed by atoms with van der Waals surface area (Å²) < 4.78 is 1.77. The van der Waals surface area contributed by atoms with E-state index >= 15 is 0 Å². The molecule has 0 amide bonds. The van der Waals surface area contributed by atoms with Crippen LogP contribution in [0, 0.1) is 0 Å². The Kier molecular flexibility index (Phi) is 3.55. The number of nitrogens with zero attached hydrogens (tertiary/aromatic N) is 8. The van der Waals surface area contributed by atoms with E-state index in [0.29, 0.717) is 0 Å². The molecule has 1 aliphatic rings. The van der Waals surface area contributed by atoms with Crippen LogP contribution >= 0.6 is 0 Å². The fraction of sp³-hybridized carbons (Fsp3) is 0.267. The van der Waals surface area contributed by atoms with Crippen LogP contribution in [0.4, 0.5) is 11.9 Å². The van der Waals surface area contributed by atoms with E-state index in [1.807, 2.05) is 36.4 Å². The van der Waals surface area contributed by atoms with Gasteiger partial charge < -0.3 is 9.80 Å². The number of benzene rings is 1. The van der Waals surface area contributed by atoms with Crippen LogP contribution in [0.2, 0.25) is 0 Å². The molecule has 0 radical (unpaired) electrons. The van der Waals surface area contributed by atoms with Crippen molar-refractivity contribution in [2.45, 2.75) is 0 Å². The molecule has 1 fully saturated rings. The molecule has 23 heavy (non-hydrogen) atoms. The second kappa shape index (κ2) is 5.99. The molecule has 116 valence electrons. The molecule has 0 saturated carbocycles. The molecule has 0 spiro atoms. The number of hydrogen-bond donors (Lipinski definition) is 0. The third-order valence-electron chi connectivity index (χ3n) is 3.85. The monoisotopic (exact) mass is 308 g/mol. The molecule has 1 aromatic carbocycles. The Morgan fingerprint density at radius 3 is 2.22 bits per heavy atom. The van der Waals surface area contributed by atoms with Crippen LogP contribution in [0.1, 0.15) is 0 Å². The molecule has 8 nitrogen and oxygen atoms in total. The average molecular weight is 308 g/mol. The van der Waals surface area contributed by atoms with Gasteiger partial charge in [-0.3, -0.25) is 0 Å². The van der Waals surface area contributed by atoms with Gasteiger partial charge in [0.25, 0.3) is 0 Å². The van der Waals surface area contributed by atoms with Gasteiger partial charge in [0.05, 0.1) is 5.69 Å². The summed E-state index contributed by atoms with van der Waals surface area (Å²) in [7, 11) is 0. The minimum Gasteiger partial charge on any atom is -0.337 e. The van der Waals surface area contributed by atoms with Crippen LogP contribution < -0.4 is 9.80 Å². The highest BCUT2D eigenvalue weighted by molar-refractivity contribution is 5.42. The number of tetrazole rings is 1. The molecule has 0 bridgehead atoms. The van der Waals surface area contributed by atoms with Crippen LogP contribution in [0.15, 0.2) is 48.8 Å². The van der Waals surface area contributed by atoms with E-state index < -0.39 is 0 Å². The molecule has 8 heteroatoms. The topological polar surface area (TPSA) is 75.9 Å². The van der Waals surface area contributed by atoms with E-state index in [-0.39, 0.29) is 0 Å². The largest absolute Gasteiger partial charge is 0.337 e. The molecule has 0 N–H and O–H groups in total. The van der Waals surface area contributed by atoms with E-state index in [0.717, 1.165) is 43.8 Å². The molecule has 4 rings (SSSR count). The van der Waals surface area contributed by atoms with Crippen molar-refractivity contribution >= 4 is 11.9 Å². The minimum absolute atomic E-state index is 0.768. The van der Waals surface area contributed by atoms with E-state index in [9.17, 15) is 0 Å². The van der Waals surface area contributed by atoms with Gasteiger partial charge in [0, 0.05) is 38.6 Å². The normalized spacial score (nSPS) is 15.0. The molecule has 0 atom stereocenters. The van der Waals surface area contributed by atoms with Crippen molar-refractivity contribution in [1.82, 2.24) is 30.2 Å². The Hall–Kier alpha value is -3.03. The number of para-hydroxylation sites is 1. The van der Waals surface area contributed by atoms with Crippen LogP contribution in [-0.4, -0.2) is 56.4 Å². The lowest BCUT2D eigenvalue weighted by Crippen LogP contribution is -2.48. The maximum Gasteiger partial charge on any atom is 0.250 e. The highest BCUT2D eigenvalue weighted by Gasteiger charge is 2.23. The smallest absolute Gasteiger partial charge is 0.250 e. The second-order valence-corrected chi connectivity index (χ2v) is 5.25. The molecule has 0 unspecified atom stereocenters. The van der Waals surface area contributed by atoms with Crippen molar-refractivity contribution in [1.29, 1.82) is 0 Å². The zero-order valence-corrected chi connectivity index (χ0v) is 12.5. The van der Waals surface area contributed by atoms with Crippen LogP contribution in [0.5, 0.6) is 0 Å². The maximum absolute atomic E-state index is 4.31. The van der Waals surface area contributed by atoms with E-state index in [1.165, 1.54) is 0 Å². The molecule has 0 aliphatic carbocycles. The Bertz CT molecular complexity index is 749. The Labute approximate surface area is 133 Å². The first-order valence-corrected chi connectivity index (χ1v) is 7.52. The third-order valence-corrected chi connectivity index (χ3v) is 3.85. The van der Waals surface area contributed by atoms with Crippen LogP contribution in [0.3, 0.4) is 0 Å². The summed E-state index contributed by atoms with van der Waals surface area (Å²) in [6.45, 7) is 3.33. The van der Waals surface area contributed by atoms with Gasteiger partial charge in [0.2, 0.25) is 11.9 Å². The number of anilines is 2. The van der Waals surface area contributed by atoms with E-state index in [4.69, 9.17) is 0 Å². The third kappa shape index (κ3) is 2.70. The average Bonchev–Trinajstić information content (AvgIpc) is 3.13. The van der Waals surface area contributed by atoms with E-state index in [1.54, 1.807) is 17.1 Å². The van der Waals surface area contributed by atoms with Gasteiger partial charge >= 0.3 is 0 Å². The SMILES string of the molecule is c1ccc(-n2nnnc2N2CCN(c3ncccn3)CC2)cc1. The van der Waals surface area contributed by atoms with E-state index in [2.05, 4.69) is 35.3 Å². The molecule has 3 heterocycles. The highest BCUT2D eigenvalue weighted by Crippen LogP contribution is 2.18. The van der Waals surface area contributed by atoms with Crippen molar-refractivity contribution in [2.75, 3.05) is 36.0 Å². The van der Waals surface area contributed by atoms with Crippen molar-refractivity contribution < 1.29 is 0 Å². The van der Waals surface area contributed by atoms with Gasteiger partial charge in [0.1, 0.15) is 0 Å². The summed E-state index contributed by atoms with van der Waals surface area (Å²) in [6, 6.07) is 11.7. The van der Waals surface area contributed by atoms with Gasteiger partial charge in [-0.05, 0) is 28.6 Å². The summed E-state index contributed by atoms with van der Waals surface area (Å²) in [4.78, 5) is 13.0. The zero-order valence-electron chi connectivity index (χ0n) is 12.5. The molecular weight excluding hydrogens is 292 g/mol. The number of rotatable bonds is 3. The molecular formula is C15H16N8. The molecule has 2 aromatic heterocycles. The van der Waals surface area contributed by atoms with Crippen molar-refractivity contribution in [3.05, 3.63) is 48.8 Å². The summed E-state index contributed by atoms with van der Waals surface area (Å²) in [5.74, 6) is 1.54. The van der Waals surface area contributed by atoms with Gasteiger partial charge in [-0.25, -0.2) is 9.97 Å². The molecule has 1 saturated heterocycles. The van der Waals surface area contributed by atoms with Gasteiger partial charge in [-0.15, -0.1) is 0 Å². The lowest BCUT2D eigenvalue weighted by atomic mass is 10.3. The standard InChI is InChI=1S/C15H16N8/c1-2-5-13(6-3-1)23-15(18-19-20-23)22-11-9-21(10-12-22)14-16-7-4-8-17-14/h1-8H,9-12H2. The maximum atomic E-state index is 4.31. The van der Waals surface area contributed by atoms with Gasteiger partial charge in [0.15, 0.2) is 0 Å². The molecule has 1 aliphatic heterocycles. The summed E-state index contributed by atoms with van der Waals surface area (Å²) in [6.07, 6.45) is 3.54. The van der Waals surface area contributed by atoms with Crippen molar-refractivity contribution in [3.8, 4) is 5.69 Å². The Morgan fingerprint density at radius 1 is 0.783 bits per heavy atom. The van der Waals surface area contributed by atoms with Crippen LogP contribution in [0.25, 0.3) is 5.69 Å². The minimum atomic E-state index is 0.768. The fourth-order valence-corrected chi connectivity index (χ4v) is 2.68. The highest BCUT2D eigenvalue weighted by atomic mass is 15.6. The first kappa shape index (κ1) is 13.6. The lowest BCUT2D eigenvalue weighted by molar-refractivity contribution is 0.620. The first-order valence-electron chi connectivity index (χ1n) is 7.52. The fourth-order valence-electron chi connectivity index (χ4n) is 2.68. The number of piperazine rings is 1. The first-order chi connectivity index (χ1) is 11.4. The zero-order chi connectivity index (χ0) is 15.5. The lowest BCUT2D eigenvalue weighted by Gasteiger charge is -2.34. The Balaban J connectivity index is 1.51. The summed E-state index contributed by atoms with van der Waals surface area (Å²) in [5, 5.41) is 12.1.